The van der Waals surface area contributed by atoms with Crippen LogP contribution in [0.5, 0.6) is 5.88 Å². The molecule has 5 nitrogen and oxygen atoms in total. The van der Waals surface area contributed by atoms with E-state index in [-0.39, 0.29) is 6.10 Å². The van der Waals surface area contributed by atoms with E-state index >= 15 is 0 Å². The summed E-state index contributed by atoms with van der Waals surface area (Å²) in [5, 5.41) is 4.39. The Hall–Kier alpha value is -1.23. The Morgan fingerprint density at radius 3 is 3.00 bits per heavy atom. The lowest BCUT2D eigenvalue weighted by Crippen LogP contribution is -2.26. The maximum absolute atomic E-state index is 6.06. The van der Waals surface area contributed by atoms with Crippen LogP contribution in [0.3, 0.4) is 0 Å². The fraction of sp³-hybridized carbons (Fsp3) is 0.769. The van der Waals surface area contributed by atoms with Crippen molar-refractivity contribution in [2.75, 3.05) is 18.9 Å². The number of nitrogens with two attached hydrogens (primary N) is 1. The van der Waals surface area contributed by atoms with Crippen LogP contribution in [0.1, 0.15) is 38.3 Å². The molecule has 18 heavy (non-hydrogen) atoms. The van der Waals surface area contributed by atoms with Crippen LogP contribution in [0.4, 0.5) is 5.69 Å². The van der Waals surface area contributed by atoms with Gasteiger partial charge in [0, 0.05) is 13.7 Å². The Labute approximate surface area is 108 Å². The average molecular weight is 253 g/mol. The molecule has 1 aliphatic rings. The zero-order chi connectivity index (χ0) is 13.0. The molecule has 0 spiro atoms. The van der Waals surface area contributed by atoms with E-state index in [0.717, 1.165) is 38.0 Å². The SMILES string of the molecule is CCCc1nn(C)c(OCC2CCCCO2)c1N. The molecule has 2 rings (SSSR count). The van der Waals surface area contributed by atoms with Gasteiger partial charge in [0.2, 0.25) is 5.88 Å². The van der Waals surface area contributed by atoms with Gasteiger partial charge in [0.05, 0.1) is 11.8 Å². The summed E-state index contributed by atoms with van der Waals surface area (Å²) >= 11 is 0. The molecule has 0 aliphatic carbocycles. The van der Waals surface area contributed by atoms with Gasteiger partial charge in [-0.15, -0.1) is 0 Å². The largest absolute Gasteiger partial charge is 0.474 e. The monoisotopic (exact) mass is 253 g/mol. The summed E-state index contributed by atoms with van der Waals surface area (Å²) in [5.41, 5.74) is 7.66. The van der Waals surface area contributed by atoms with Gasteiger partial charge in [-0.2, -0.15) is 5.10 Å². The number of nitrogen functional groups attached to an aromatic ring is 1. The maximum Gasteiger partial charge on any atom is 0.235 e. The predicted octanol–water partition coefficient (Wildman–Crippen LogP) is 1.90. The third-order valence-electron chi connectivity index (χ3n) is 3.27. The molecule has 1 saturated heterocycles. The number of hydrogen-bond acceptors (Lipinski definition) is 4. The number of nitrogens with zero attached hydrogens (tertiary/aromatic N) is 2. The van der Waals surface area contributed by atoms with Gasteiger partial charge in [-0.25, -0.2) is 4.68 Å². The van der Waals surface area contributed by atoms with E-state index in [1.807, 2.05) is 7.05 Å². The van der Waals surface area contributed by atoms with E-state index in [4.69, 9.17) is 15.2 Å². The predicted molar refractivity (Wildman–Crippen MR) is 70.7 cm³/mol. The standard InChI is InChI=1S/C13H23N3O2/c1-3-6-11-12(14)13(16(2)15-11)18-9-10-7-4-5-8-17-10/h10H,3-9,14H2,1-2H3. The summed E-state index contributed by atoms with van der Waals surface area (Å²) < 4.78 is 13.1. The van der Waals surface area contributed by atoms with E-state index in [2.05, 4.69) is 12.0 Å². The molecule has 1 aromatic rings. The second-order valence-electron chi connectivity index (χ2n) is 4.84. The fourth-order valence-corrected chi connectivity index (χ4v) is 2.28. The lowest BCUT2D eigenvalue weighted by molar-refractivity contribution is -0.0125. The van der Waals surface area contributed by atoms with E-state index in [9.17, 15) is 0 Å². The third kappa shape index (κ3) is 2.96. The first kappa shape index (κ1) is 13.2. The van der Waals surface area contributed by atoms with E-state index in [1.54, 1.807) is 4.68 Å². The van der Waals surface area contributed by atoms with E-state index in [1.165, 1.54) is 6.42 Å². The van der Waals surface area contributed by atoms with Crippen molar-refractivity contribution in [1.29, 1.82) is 0 Å². The quantitative estimate of drug-likeness (QED) is 0.870. The smallest absolute Gasteiger partial charge is 0.235 e. The molecular formula is C13H23N3O2. The Kier molecular flexibility index (Phi) is 4.47. The van der Waals surface area contributed by atoms with Gasteiger partial charge in [-0.05, 0) is 25.7 Å². The number of rotatable bonds is 5. The van der Waals surface area contributed by atoms with Crippen molar-refractivity contribution < 1.29 is 9.47 Å². The van der Waals surface area contributed by atoms with Gasteiger partial charge in [0.25, 0.3) is 0 Å². The number of hydrogen-bond donors (Lipinski definition) is 1. The topological polar surface area (TPSA) is 62.3 Å². The van der Waals surface area contributed by atoms with Crippen molar-refractivity contribution in [3.8, 4) is 5.88 Å². The molecule has 0 radical (unpaired) electrons. The number of aryl methyl sites for hydroxylation is 2. The molecule has 0 amide bonds. The zero-order valence-electron chi connectivity index (χ0n) is 11.3. The average Bonchev–Trinajstić information content (AvgIpc) is 2.64. The summed E-state index contributed by atoms with van der Waals surface area (Å²) in [4.78, 5) is 0. The van der Waals surface area contributed by atoms with Crippen LogP contribution in [0.25, 0.3) is 0 Å². The summed E-state index contributed by atoms with van der Waals surface area (Å²) in [6, 6.07) is 0. The maximum atomic E-state index is 6.06. The molecule has 1 aliphatic heterocycles. The molecule has 1 fully saturated rings. The number of aromatic nitrogens is 2. The molecule has 0 aromatic carbocycles. The third-order valence-corrected chi connectivity index (χ3v) is 3.27. The normalized spacial score (nSPS) is 20.0. The van der Waals surface area contributed by atoms with Gasteiger partial charge in [-0.1, -0.05) is 13.3 Å². The summed E-state index contributed by atoms with van der Waals surface area (Å²) in [6.45, 7) is 3.52. The Morgan fingerprint density at radius 2 is 2.33 bits per heavy atom. The summed E-state index contributed by atoms with van der Waals surface area (Å²) in [6.07, 6.45) is 5.57. The molecular weight excluding hydrogens is 230 g/mol. The van der Waals surface area contributed by atoms with Crippen LogP contribution in [-0.2, 0) is 18.2 Å². The van der Waals surface area contributed by atoms with Crippen molar-refractivity contribution in [2.45, 2.75) is 45.1 Å². The van der Waals surface area contributed by atoms with Crippen molar-refractivity contribution in [2.24, 2.45) is 7.05 Å². The van der Waals surface area contributed by atoms with Gasteiger partial charge in [0.1, 0.15) is 12.3 Å². The molecule has 1 aromatic heterocycles. The van der Waals surface area contributed by atoms with Gasteiger partial charge in [-0.3, -0.25) is 0 Å². The summed E-state index contributed by atoms with van der Waals surface area (Å²) in [7, 11) is 1.87. The number of ether oxygens (including phenoxy) is 2. The molecule has 102 valence electrons. The van der Waals surface area contributed by atoms with Crippen LogP contribution >= 0.6 is 0 Å². The highest BCUT2D eigenvalue weighted by Crippen LogP contribution is 2.26. The van der Waals surface area contributed by atoms with Crippen LogP contribution in [0, 0.1) is 0 Å². The molecule has 2 heterocycles. The minimum Gasteiger partial charge on any atom is -0.474 e. The second kappa shape index (κ2) is 6.09. The molecule has 1 atom stereocenters. The van der Waals surface area contributed by atoms with Crippen molar-refractivity contribution in [3.05, 3.63) is 5.69 Å². The lowest BCUT2D eigenvalue weighted by Gasteiger charge is -2.22. The first-order valence-corrected chi connectivity index (χ1v) is 6.78. The van der Waals surface area contributed by atoms with Crippen LogP contribution in [-0.4, -0.2) is 29.1 Å². The molecule has 0 bridgehead atoms. The lowest BCUT2D eigenvalue weighted by atomic mass is 10.1. The Balaban J connectivity index is 1.95. The zero-order valence-corrected chi connectivity index (χ0v) is 11.3. The van der Waals surface area contributed by atoms with Crippen molar-refractivity contribution in [1.82, 2.24) is 9.78 Å². The van der Waals surface area contributed by atoms with Gasteiger partial charge < -0.3 is 15.2 Å². The highest BCUT2D eigenvalue weighted by molar-refractivity contribution is 5.53. The molecule has 5 heteroatoms. The number of anilines is 1. The highest BCUT2D eigenvalue weighted by atomic mass is 16.5. The summed E-state index contributed by atoms with van der Waals surface area (Å²) in [5.74, 6) is 0.674. The van der Waals surface area contributed by atoms with E-state index in [0.29, 0.717) is 18.2 Å². The highest BCUT2D eigenvalue weighted by Gasteiger charge is 2.18. The molecule has 1 unspecified atom stereocenters. The van der Waals surface area contributed by atoms with Gasteiger partial charge >= 0.3 is 0 Å². The molecule has 2 N–H and O–H groups in total. The minimum atomic E-state index is 0.197. The fourth-order valence-electron chi connectivity index (χ4n) is 2.28. The Bertz CT molecular complexity index is 384. The molecule has 0 saturated carbocycles. The Morgan fingerprint density at radius 1 is 1.50 bits per heavy atom. The van der Waals surface area contributed by atoms with Crippen molar-refractivity contribution >= 4 is 5.69 Å². The first-order chi connectivity index (χ1) is 8.72. The second-order valence-corrected chi connectivity index (χ2v) is 4.84. The van der Waals surface area contributed by atoms with Crippen LogP contribution in [0.2, 0.25) is 0 Å². The van der Waals surface area contributed by atoms with Crippen LogP contribution in [0.15, 0.2) is 0 Å². The minimum absolute atomic E-state index is 0.197. The van der Waals surface area contributed by atoms with Crippen LogP contribution < -0.4 is 10.5 Å². The van der Waals surface area contributed by atoms with Gasteiger partial charge in [0.15, 0.2) is 0 Å². The van der Waals surface area contributed by atoms with Crippen molar-refractivity contribution in [3.63, 3.8) is 0 Å². The van der Waals surface area contributed by atoms with E-state index < -0.39 is 0 Å². The first-order valence-electron chi connectivity index (χ1n) is 6.78.